The number of ether oxygens (including phenoxy) is 3. The number of hydrogen-bond donors (Lipinski definition) is 1. The smallest absolute Gasteiger partial charge is 0.322 e. The van der Waals surface area contributed by atoms with E-state index in [0.29, 0.717) is 37.7 Å². The Morgan fingerprint density at radius 1 is 1.14 bits per heavy atom. The molecule has 0 heterocycles. The summed E-state index contributed by atoms with van der Waals surface area (Å²) in [4.78, 5) is 24.8. The Labute approximate surface area is 130 Å². The predicted molar refractivity (Wildman–Crippen MR) is 82.1 cm³/mol. The number of benzene rings is 1. The molecule has 0 aliphatic heterocycles. The van der Waals surface area contributed by atoms with E-state index in [2.05, 4.69) is 5.32 Å². The average molecular weight is 310 g/mol. The van der Waals surface area contributed by atoms with Crippen molar-refractivity contribution in [2.45, 2.75) is 6.92 Å². The van der Waals surface area contributed by atoms with E-state index in [-0.39, 0.29) is 6.03 Å². The molecule has 1 aromatic rings. The molecule has 1 N–H and O–H groups in total. The first kappa shape index (κ1) is 17.9. The molecule has 0 aliphatic rings. The number of nitrogens with one attached hydrogen (secondary N) is 1. The van der Waals surface area contributed by atoms with Crippen LogP contribution in [0, 0.1) is 0 Å². The van der Waals surface area contributed by atoms with E-state index in [0.717, 1.165) is 0 Å². The van der Waals surface area contributed by atoms with Crippen LogP contribution in [0.2, 0.25) is 0 Å². The topological polar surface area (TPSA) is 77.1 Å². The van der Waals surface area contributed by atoms with Crippen molar-refractivity contribution < 1.29 is 23.8 Å². The molecule has 7 nitrogen and oxygen atoms in total. The molecular weight excluding hydrogens is 288 g/mol. The number of amides is 2. The van der Waals surface area contributed by atoms with Crippen molar-refractivity contribution in [3.8, 4) is 5.75 Å². The van der Waals surface area contributed by atoms with Gasteiger partial charge < -0.3 is 24.4 Å². The van der Waals surface area contributed by atoms with E-state index in [1.807, 2.05) is 0 Å². The second-order valence-electron chi connectivity index (χ2n) is 4.52. The van der Waals surface area contributed by atoms with Crippen LogP contribution in [0.25, 0.3) is 0 Å². The lowest BCUT2D eigenvalue weighted by Crippen LogP contribution is -2.39. The number of hydrogen-bond acceptors (Lipinski definition) is 5. The summed E-state index contributed by atoms with van der Waals surface area (Å²) < 4.78 is 15.0. The van der Waals surface area contributed by atoms with Crippen molar-refractivity contribution in [2.24, 2.45) is 0 Å². The molecule has 0 unspecified atom stereocenters. The highest BCUT2D eigenvalue weighted by molar-refractivity contribution is 5.89. The maximum atomic E-state index is 12.3. The van der Waals surface area contributed by atoms with E-state index in [4.69, 9.17) is 14.2 Å². The molecule has 0 atom stereocenters. The quantitative estimate of drug-likeness (QED) is 0.584. The molecule has 2 amide bonds. The monoisotopic (exact) mass is 310 g/mol. The number of anilines is 1. The fraction of sp³-hybridized carbons (Fsp3) is 0.467. The predicted octanol–water partition coefficient (Wildman–Crippen LogP) is 1.74. The zero-order chi connectivity index (χ0) is 16.4. The van der Waals surface area contributed by atoms with Crippen LogP contribution in [0.1, 0.15) is 6.92 Å². The van der Waals surface area contributed by atoms with Crippen LogP contribution in [0.3, 0.4) is 0 Å². The second-order valence-corrected chi connectivity index (χ2v) is 4.52. The van der Waals surface area contributed by atoms with Crippen LogP contribution in [0.4, 0.5) is 10.5 Å². The summed E-state index contributed by atoms with van der Waals surface area (Å²) in [5.74, 6) is -0.0316. The molecule has 0 aromatic heterocycles. The number of rotatable bonds is 8. The fourth-order valence-corrected chi connectivity index (χ4v) is 1.72. The van der Waals surface area contributed by atoms with Crippen LogP contribution in [0.15, 0.2) is 24.3 Å². The summed E-state index contributed by atoms with van der Waals surface area (Å²) in [6.07, 6.45) is 0. The molecule has 0 saturated carbocycles. The maximum absolute atomic E-state index is 12.3. The van der Waals surface area contributed by atoms with Gasteiger partial charge in [-0.2, -0.15) is 0 Å². The molecule has 0 saturated heterocycles. The first-order valence-electron chi connectivity index (χ1n) is 6.89. The standard InChI is InChI=1S/C15H22N2O5/c1-12(18)22-14-6-4-5-13(11-14)16-15(19)17(7-9-20-2)8-10-21-3/h4-6,11H,7-10H2,1-3H3,(H,16,19). The minimum Gasteiger partial charge on any atom is -0.427 e. The van der Waals surface area contributed by atoms with Gasteiger partial charge in [-0.15, -0.1) is 0 Å². The Morgan fingerprint density at radius 2 is 1.77 bits per heavy atom. The van der Waals surface area contributed by atoms with Gasteiger partial charge in [0.25, 0.3) is 0 Å². The molecule has 7 heteroatoms. The lowest BCUT2D eigenvalue weighted by molar-refractivity contribution is -0.131. The Hall–Kier alpha value is -2.12. The van der Waals surface area contributed by atoms with Crippen LogP contribution in [-0.2, 0) is 14.3 Å². The lowest BCUT2D eigenvalue weighted by Gasteiger charge is -2.22. The van der Waals surface area contributed by atoms with E-state index < -0.39 is 5.97 Å². The zero-order valence-corrected chi connectivity index (χ0v) is 13.1. The van der Waals surface area contributed by atoms with Crippen LogP contribution in [0.5, 0.6) is 5.75 Å². The second kappa shape index (κ2) is 9.75. The Kier molecular flexibility index (Phi) is 7.95. The van der Waals surface area contributed by atoms with Crippen LogP contribution >= 0.6 is 0 Å². The molecule has 1 aromatic carbocycles. The molecule has 22 heavy (non-hydrogen) atoms. The summed E-state index contributed by atoms with van der Waals surface area (Å²) in [7, 11) is 3.16. The van der Waals surface area contributed by atoms with Gasteiger partial charge in [-0.3, -0.25) is 4.79 Å². The van der Waals surface area contributed by atoms with Crippen molar-refractivity contribution in [3.63, 3.8) is 0 Å². The zero-order valence-electron chi connectivity index (χ0n) is 13.1. The maximum Gasteiger partial charge on any atom is 0.322 e. The van der Waals surface area contributed by atoms with Gasteiger partial charge in [-0.1, -0.05) is 6.07 Å². The molecule has 0 spiro atoms. The van der Waals surface area contributed by atoms with Gasteiger partial charge in [0.1, 0.15) is 5.75 Å². The molecule has 0 radical (unpaired) electrons. The summed E-state index contributed by atoms with van der Waals surface area (Å²) in [5.41, 5.74) is 0.545. The van der Waals surface area contributed by atoms with Crippen molar-refractivity contribution in [3.05, 3.63) is 24.3 Å². The third-order valence-electron chi connectivity index (χ3n) is 2.76. The molecule has 0 bridgehead atoms. The summed E-state index contributed by atoms with van der Waals surface area (Å²) in [6.45, 7) is 3.10. The summed E-state index contributed by atoms with van der Waals surface area (Å²) >= 11 is 0. The first-order chi connectivity index (χ1) is 10.6. The van der Waals surface area contributed by atoms with Crippen molar-refractivity contribution in [1.29, 1.82) is 0 Å². The van der Waals surface area contributed by atoms with Crippen molar-refractivity contribution >= 4 is 17.7 Å². The van der Waals surface area contributed by atoms with Crippen LogP contribution in [-0.4, -0.2) is 57.4 Å². The largest absolute Gasteiger partial charge is 0.427 e. The Bertz CT molecular complexity index is 485. The van der Waals surface area contributed by atoms with E-state index >= 15 is 0 Å². The number of carbonyl (C=O) groups is 2. The van der Waals surface area contributed by atoms with Crippen molar-refractivity contribution in [2.75, 3.05) is 45.8 Å². The molecule has 0 aliphatic carbocycles. The fourth-order valence-electron chi connectivity index (χ4n) is 1.72. The summed E-state index contributed by atoms with van der Waals surface area (Å²) in [5, 5.41) is 2.76. The van der Waals surface area contributed by atoms with E-state index in [1.165, 1.54) is 6.92 Å². The SMILES string of the molecule is COCCN(CCOC)C(=O)Nc1cccc(OC(C)=O)c1. The third kappa shape index (κ3) is 6.55. The summed E-state index contributed by atoms with van der Waals surface area (Å²) in [6, 6.07) is 6.38. The highest BCUT2D eigenvalue weighted by Crippen LogP contribution is 2.17. The van der Waals surface area contributed by atoms with Gasteiger partial charge in [0, 0.05) is 46.0 Å². The molecule has 1 rings (SSSR count). The van der Waals surface area contributed by atoms with Crippen molar-refractivity contribution in [1.82, 2.24) is 4.90 Å². The minimum atomic E-state index is -0.412. The highest BCUT2D eigenvalue weighted by atomic mass is 16.5. The number of nitrogens with zero attached hydrogens (tertiary/aromatic N) is 1. The van der Waals surface area contributed by atoms with E-state index in [9.17, 15) is 9.59 Å². The Balaban J connectivity index is 2.68. The number of esters is 1. The van der Waals surface area contributed by atoms with Gasteiger partial charge in [0.05, 0.1) is 13.2 Å². The van der Waals surface area contributed by atoms with Gasteiger partial charge in [-0.25, -0.2) is 4.79 Å². The normalized spacial score (nSPS) is 10.1. The highest BCUT2D eigenvalue weighted by Gasteiger charge is 2.13. The minimum absolute atomic E-state index is 0.269. The van der Waals surface area contributed by atoms with Gasteiger partial charge in [0.2, 0.25) is 0 Å². The lowest BCUT2D eigenvalue weighted by atomic mass is 10.3. The first-order valence-corrected chi connectivity index (χ1v) is 6.89. The van der Waals surface area contributed by atoms with Gasteiger partial charge >= 0.3 is 12.0 Å². The van der Waals surface area contributed by atoms with Gasteiger partial charge in [0.15, 0.2) is 0 Å². The Morgan fingerprint density at radius 3 is 2.32 bits per heavy atom. The van der Waals surface area contributed by atoms with E-state index in [1.54, 1.807) is 43.4 Å². The number of methoxy groups -OCH3 is 2. The number of urea groups is 1. The molecular formula is C15H22N2O5. The average Bonchev–Trinajstić information content (AvgIpc) is 2.47. The third-order valence-corrected chi connectivity index (χ3v) is 2.76. The molecule has 122 valence electrons. The van der Waals surface area contributed by atoms with Gasteiger partial charge in [-0.05, 0) is 12.1 Å². The number of carbonyl (C=O) groups excluding carboxylic acids is 2. The molecule has 0 fully saturated rings. The van der Waals surface area contributed by atoms with Crippen LogP contribution < -0.4 is 10.1 Å².